The van der Waals surface area contributed by atoms with Gasteiger partial charge in [-0.05, 0) is 29.8 Å². The second-order valence-electron chi connectivity index (χ2n) is 7.35. The van der Waals surface area contributed by atoms with Gasteiger partial charge in [0, 0.05) is 31.9 Å². The van der Waals surface area contributed by atoms with Crippen LogP contribution in [0.5, 0.6) is 0 Å². The molecule has 30 heavy (non-hydrogen) atoms. The molecule has 0 aromatic heterocycles. The minimum Gasteiger partial charge on any atom is -0.378 e. The molecule has 0 aliphatic carbocycles. The van der Waals surface area contributed by atoms with Gasteiger partial charge in [0.1, 0.15) is 23.4 Å². The van der Waals surface area contributed by atoms with E-state index in [-0.39, 0.29) is 0 Å². The van der Waals surface area contributed by atoms with Crippen molar-refractivity contribution in [2.75, 3.05) is 24.0 Å². The van der Waals surface area contributed by atoms with Gasteiger partial charge in [-0.2, -0.15) is 5.10 Å². The van der Waals surface area contributed by atoms with E-state index >= 15 is 0 Å². The SMILES string of the molecule is CN(C)c1ccc(N2N=C(c3ccccc3)C(=C=O)C2NCc2ccccc2)cc1. The Kier molecular flexibility index (Phi) is 5.75. The normalized spacial score (nSPS) is 15.7. The highest BCUT2D eigenvalue weighted by Gasteiger charge is 2.34. The van der Waals surface area contributed by atoms with E-state index in [0.29, 0.717) is 17.8 Å². The smallest absolute Gasteiger partial charge is 0.141 e. The van der Waals surface area contributed by atoms with E-state index in [4.69, 9.17) is 5.10 Å². The summed E-state index contributed by atoms with van der Waals surface area (Å²) in [5, 5.41) is 10.2. The fourth-order valence-corrected chi connectivity index (χ4v) is 3.49. The Morgan fingerprint density at radius 1 is 0.933 bits per heavy atom. The largest absolute Gasteiger partial charge is 0.378 e. The van der Waals surface area contributed by atoms with Crippen molar-refractivity contribution >= 4 is 23.0 Å². The van der Waals surface area contributed by atoms with Gasteiger partial charge in [-0.15, -0.1) is 0 Å². The van der Waals surface area contributed by atoms with Gasteiger partial charge >= 0.3 is 0 Å². The highest BCUT2D eigenvalue weighted by Crippen LogP contribution is 2.29. The van der Waals surface area contributed by atoms with E-state index in [0.717, 1.165) is 22.5 Å². The van der Waals surface area contributed by atoms with Crippen LogP contribution in [0, 0.1) is 0 Å². The molecule has 0 saturated heterocycles. The summed E-state index contributed by atoms with van der Waals surface area (Å²) in [6, 6.07) is 28.0. The maximum Gasteiger partial charge on any atom is 0.141 e. The average Bonchev–Trinajstić information content (AvgIpc) is 3.17. The molecule has 0 saturated carbocycles. The molecule has 3 aromatic carbocycles. The van der Waals surface area contributed by atoms with E-state index < -0.39 is 6.17 Å². The number of anilines is 2. The number of hydrazone groups is 1. The van der Waals surface area contributed by atoms with Crippen LogP contribution >= 0.6 is 0 Å². The molecule has 5 nitrogen and oxygen atoms in total. The zero-order valence-electron chi connectivity index (χ0n) is 17.1. The maximum absolute atomic E-state index is 12.0. The van der Waals surface area contributed by atoms with Crippen LogP contribution in [0.4, 0.5) is 11.4 Å². The summed E-state index contributed by atoms with van der Waals surface area (Å²) in [5.41, 5.74) is 5.20. The van der Waals surface area contributed by atoms with Crippen LogP contribution in [0.2, 0.25) is 0 Å². The number of carbonyl (C=O) groups excluding carboxylic acids is 1. The maximum atomic E-state index is 12.0. The molecule has 1 N–H and O–H groups in total. The lowest BCUT2D eigenvalue weighted by Crippen LogP contribution is -2.41. The molecule has 1 atom stereocenters. The van der Waals surface area contributed by atoms with Gasteiger partial charge in [-0.3, -0.25) is 5.32 Å². The van der Waals surface area contributed by atoms with Gasteiger partial charge in [-0.25, -0.2) is 9.80 Å². The molecule has 0 amide bonds. The molecule has 0 bridgehead atoms. The van der Waals surface area contributed by atoms with Crippen LogP contribution in [-0.4, -0.2) is 31.9 Å². The van der Waals surface area contributed by atoms with E-state index in [1.54, 1.807) is 0 Å². The number of nitrogens with zero attached hydrogens (tertiary/aromatic N) is 3. The summed E-state index contributed by atoms with van der Waals surface area (Å²) in [7, 11) is 4.02. The number of hydrogen-bond acceptors (Lipinski definition) is 5. The van der Waals surface area contributed by atoms with Crippen LogP contribution in [0.1, 0.15) is 11.1 Å². The average molecular weight is 396 g/mol. The third-order valence-corrected chi connectivity index (χ3v) is 5.11. The van der Waals surface area contributed by atoms with Crippen LogP contribution in [0.15, 0.2) is 95.6 Å². The Bertz CT molecular complexity index is 1070. The van der Waals surface area contributed by atoms with Gasteiger partial charge < -0.3 is 4.90 Å². The molecular weight excluding hydrogens is 372 g/mol. The number of nitrogens with one attached hydrogen (secondary N) is 1. The van der Waals surface area contributed by atoms with E-state index in [2.05, 4.69) is 23.4 Å². The summed E-state index contributed by atoms with van der Waals surface area (Å²) in [4.78, 5) is 14.1. The molecule has 1 aliphatic heterocycles. The van der Waals surface area contributed by atoms with E-state index in [1.807, 2.05) is 96.8 Å². The molecule has 1 aliphatic rings. The van der Waals surface area contributed by atoms with Crippen molar-refractivity contribution in [3.63, 3.8) is 0 Å². The summed E-state index contributed by atoms with van der Waals surface area (Å²) < 4.78 is 0. The Labute approximate surface area is 177 Å². The molecule has 1 unspecified atom stereocenters. The monoisotopic (exact) mass is 396 g/mol. The first-order chi connectivity index (χ1) is 14.7. The molecule has 0 radical (unpaired) electrons. The Hall–Kier alpha value is -3.66. The predicted molar refractivity (Wildman–Crippen MR) is 123 cm³/mol. The van der Waals surface area contributed by atoms with Crippen LogP contribution in [0.25, 0.3) is 0 Å². The zero-order valence-corrected chi connectivity index (χ0v) is 17.1. The first-order valence-electron chi connectivity index (χ1n) is 9.90. The number of benzene rings is 3. The lowest BCUT2D eigenvalue weighted by molar-refractivity contribution is 0.550. The van der Waals surface area contributed by atoms with Crippen molar-refractivity contribution in [2.24, 2.45) is 5.10 Å². The lowest BCUT2D eigenvalue weighted by Gasteiger charge is -2.25. The quantitative estimate of drug-likeness (QED) is 0.643. The third kappa shape index (κ3) is 4.03. The van der Waals surface area contributed by atoms with Gasteiger partial charge in [0.05, 0.1) is 5.69 Å². The number of rotatable bonds is 6. The molecule has 0 spiro atoms. The van der Waals surface area contributed by atoms with Crippen molar-refractivity contribution in [1.29, 1.82) is 0 Å². The molecule has 150 valence electrons. The zero-order chi connectivity index (χ0) is 20.9. The first kappa shape index (κ1) is 19.6. The van der Waals surface area contributed by atoms with Crippen molar-refractivity contribution in [2.45, 2.75) is 12.7 Å². The molecule has 0 fully saturated rings. The molecule has 4 rings (SSSR count). The van der Waals surface area contributed by atoms with Crippen molar-refractivity contribution in [1.82, 2.24) is 5.32 Å². The molecule has 1 heterocycles. The molecule has 5 heteroatoms. The minimum absolute atomic E-state index is 0.400. The van der Waals surface area contributed by atoms with Crippen molar-refractivity contribution in [3.8, 4) is 0 Å². The second-order valence-corrected chi connectivity index (χ2v) is 7.35. The van der Waals surface area contributed by atoms with Crippen molar-refractivity contribution in [3.05, 3.63) is 102 Å². The fraction of sp³-hybridized carbons (Fsp3) is 0.160. The molecular formula is C25H24N4O. The first-order valence-corrected chi connectivity index (χ1v) is 9.90. The third-order valence-electron chi connectivity index (χ3n) is 5.11. The van der Waals surface area contributed by atoms with Gasteiger partial charge in [0.15, 0.2) is 0 Å². The fourth-order valence-electron chi connectivity index (χ4n) is 3.49. The Balaban J connectivity index is 1.70. The summed E-state index contributed by atoms with van der Waals surface area (Å²) in [5.74, 6) is 2.15. The lowest BCUT2D eigenvalue weighted by atomic mass is 10.0. The van der Waals surface area contributed by atoms with Crippen molar-refractivity contribution < 1.29 is 4.79 Å². The summed E-state index contributed by atoms with van der Waals surface area (Å²) in [6.45, 7) is 0.612. The van der Waals surface area contributed by atoms with Crippen LogP contribution in [0.3, 0.4) is 0 Å². The highest BCUT2D eigenvalue weighted by atomic mass is 16.1. The van der Waals surface area contributed by atoms with E-state index in [9.17, 15) is 4.79 Å². The standard InChI is InChI=1S/C25H24N4O/c1-28(2)21-13-15-22(16-14-21)29-25(26-17-19-9-5-3-6-10-19)23(18-30)24(27-29)20-11-7-4-8-12-20/h3-16,25-26H,17H2,1-2H3. The van der Waals surface area contributed by atoms with Crippen LogP contribution < -0.4 is 15.2 Å². The molecule has 3 aromatic rings. The van der Waals surface area contributed by atoms with Crippen LogP contribution in [-0.2, 0) is 11.3 Å². The minimum atomic E-state index is -0.400. The summed E-state index contributed by atoms with van der Waals surface area (Å²) in [6.07, 6.45) is -0.400. The van der Waals surface area contributed by atoms with E-state index in [1.165, 1.54) is 0 Å². The Morgan fingerprint density at radius 3 is 2.17 bits per heavy atom. The second kappa shape index (κ2) is 8.78. The van der Waals surface area contributed by atoms with Gasteiger partial charge in [0.25, 0.3) is 0 Å². The topological polar surface area (TPSA) is 47.9 Å². The Morgan fingerprint density at radius 2 is 1.57 bits per heavy atom. The van der Waals surface area contributed by atoms with Gasteiger partial charge in [0.2, 0.25) is 0 Å². The summed E-state index contributed by atoms with van der Waals surface area (Å²) >= 11 is 0. The highest BCUT2D eigenvalue weighted by molar-refractivity contribution is 6.19. The number of hydrogen-bond donors (Lipinski definition) is 1. The predicted octanol–water partition coefficient (Wildman–Crippen LogP) is 3.85. The van der Waals surface area contributed by atoms with Gasteiger partial charge in [-0.1, -0.05) is 60.7 Å².